The van der Waals surface area contributed by atoms with Gasteiger partial charge in [-0.2, -0.15) is 0 Å². The van der Waals surface area contributed by atoms with Gasteiger partial charge in [0.05, 0.1) is 0 Å². The van der Waals surface area contributed by atoms with Crippen molar-refractivity contribution in [2.24, 2.45) is 5.73 Å². The maximum absolute atomic E-state index is 11.6. The van der Waals surface area contributed by atoms with Gasteiger partial charge in [0, 0.05) is 19.4 Å². The highest BCUT2D eigenvalue weighted by Gasteiger charge is 2.20. The van der Waals surface area contributed by atoms with Crippen LogP contribution >= 0.6 is 0 Å². The van der Waals surface area contributed by atoms with Crippen molar-refractivity contribution >= 4 is 23.9 Å². The van der Waals surface area contributed by atoms with Crippen LogP contribution in [0.4, 0.5) is 10.7 Å². The summed E-state index contributed by atoms with van der Waals surface area (Å²) < 4.78 is 4.85. The molecular formula is C11H15N5O4. The molecule has 0 aliphatic carbocycles. The van der Waals surface area contributed by atoms with Gasteiger partial charge >= 0.3 is 12.0 Å². The molecule has 9 nitrogen and oxygen atoms in total. The Balaban J connectivity index is 2.47. The van der Waals surface area contributed by atoms with Gasteiger partial charge in [-0.25, -0.2) is 14.8 Å². The third-order valence-corrected chi connectivity index (χ3v) is 2.18. The van der Waals surface area contributed by atoms with Gasteiger partial charge in [0.2, 0.25) is 5.95 Å². The maximum atomic E-state index is 11.6. The van der Waals surface area contributed by atoms with E-state index in [2.05, 4.69) is 9.97 Å². The summed E-state index contributed by atoms with van der Waals surface area (Å²) >= 11 is 0. The van der Waals surface area contributed by atoms with Gasteiger partial charge < -0.3 is 15.4 Å². The number of imide groups is 1. The van der Waals surface area contributed by atoms with Gasteiger partial charge in [0.1, 0.15) is 6.54 Å². The number of ether oxygens (including phenoxy) is 1. The molecule has 0 saturated carbocycles. The molecule has 1 heterocycles. The van der Waals surface area contributed by atoms with E-state index in [1.165, 1.54) is 24.2 Å². The number of hydrogen-bond acceptors (Lipinski definition) is 7. The van der Waals surface area contributed by atoms with E-state index in [0.29, 0.717) is 5.95 Å². The fourth-order valence-electron chi connectivity index (χ4n) is 1.26. The summed E-state index contributed by atoms with van der Waals surface area (Å²) in [5.41, 5.74) is 4.78. The minimum Gasteiger partial charge on any atom is -0.451 e. The molecule has 1 aromatic heterocycles. The summed E-state index contributed by atoms with van der Waals surface area (Å²) in [5, 5.41) is 1.82. The fraction of sp³-hybridized carbons (Fsp3) is 0.364. The van der Waals surface area contributed by atoms with Crippen molar-refractivity contribution in [1.82, 2.24) is 15.3 Å². The molecule has 0 radical (unpaired) electrons. The average Bonchev–Trinajstić information content (AvgIpc) is 2.38. The second-order valence-corrected chi connectivity index (χ2v) is 3.89. The van der Waals surface area contributed by atoms with Gasteiger partial charge in [0.25, 0.3) is 5.91 Å². The molecule has 3 amide bonds. The molecule has 1 aromatic rings. The summed E-state index contributed by atoms with van der Waals surface area (Å²) in [5.74, 6) is -1.10. The van der Waals surface area contributed by atoms with E-state index < -0.39 is 24.0 Å². The van der Waals surface area contributed by atoms with Crippen LogP contribution in [0.15, 0.2) is 18.5 Å². The first-order chi connectivity index (χ1) is 9.40. The van der Waals surface area contributed by atoms with Crippen molar-refractivity contribution in [3.8, 4) is 0 Å². The fourth-order valence-corrected chi connectivity index (χ4v) is 1.26. The number of rotatable bonds is 5. The molecule has 20 heavy (non-hydrogen) atoms. The smallest absolute Gasteiger partial charge is 0.326 e. The number of primary amides is 1. The first kappa shape index (κ1) is 15.3. The van der Waals surface area contributed by atoms with Gasteiger partial charge in [-0.3, -0.25) is 14.9 Å². The van der Waals surface area contributed by atoms with Crippen molar-refractivity contribution < 1.29 is 19.1 Å². The maximum Gasteiger partial charge on any atom is 0.326 e. The number of carbonyl (C=O) groups is 3. The Morgan fingerprint density at radius 1 is 1.40 bits per heavy atom. The standard InChI is InChI=1S/C11H15N5O4/c1-7(9(18)15-10(12)19)20-8(17)6-16(2)11-13-4-3-5-14-11/h3-5,7H,6H2,1-2H3,(H3,12,15,18,19). The lowest BCUT2D eigenvalue weighted by atomic mass is 10.4. The summed E-state index contributed by atoms with van der Waals surface area (Å²) in [6, 6.07) is 0.638. The highest BCUT2D eigenvalue weighted by Crippen LogP contribution is 2.02. The molecule has 9 heteroatoms. The lowest BCUT2D eigenvalue weighted by molar-refractivity contribution is -0.153. The minimum atomic E-state index is -1.12. The Hall–Kier alpha value is -2.71. The summed E-state index contributed by atoms with van der Waals surface area (Å²) in [6.45, 7) is 1.19. The van der Waals surface area contributed by atoms with Crippen molar-refractivity contribution in [2.45, 2.75) is 13.0 Å². The third kappa shape index (κ3) is 4.88. The number of likely N-dealkylation sites (N-methyl/N-ethyl adjacent to an activating group) is 1. The van der Waals surface area contributed by atoms with Crippen LogP contribution in [-0.2, 0) is 14.3 Å². The zero-order valence-electron chi connectivity index (χ0n) is 11.1. The second-order valence-electron chi connectivity index (χ2n) is 3.89. The van der Waals surface area contributed by atoms with E-state index in [0.717, 1.165) is 0 Å². The number of anilines is 1. The van der Waals surface area contributed by atoms with Crippen LogP contribution in [0, 0.1) is 0 Å². The molecule has 0 saturated heterocycles. The summed E-state index contributed by atoms with van der Waals surface area (Å²) in [4.78, 5) is 42.8. The molecule has 1 unspecified atom stereocenters. The van der Waals surface area contributed by atoms with Crippen LogP contribution < -0.4 is 16.0 Å². The molecule has 0 bridgehead atoms. The SMILES string of the molecule is CC(OC(=O)CN(C)c1ncccn1)C(=O)NC(N)=O. The molecule has 0 aliphatic rings. The number of urea groups is 1. The van der Waals surface area contributed by atoms with Crippen molar-refractivity contribution in [1.29, 1.82) is 0 Å². The highest BCUT2D eigenvalue weighted by atomic mass is 16.5. The normalized spacial score (nSPS) is 11.3. The molecule has 1 atom stereocenters. The monoisotopic (exact) mass is 281 g/mol. The van der Waals surface area contributed by atoms with Crippen LogP contribution in [0.5, 0.6) is 0 Å². The Kier molecular flexibility index (Phi) is 5.39. The molecular weight excluding hydrogens is 266 g/mol. The highest BCUT2D eigenvalue weighted by molar-refractivity contribution is 5.96. The number of carbonyl (C=O) groups excluding carboxylic acids is 3. The summed E-state index contributed by atoms with van der Waals surface area (Å²) in [6.07, 6.45) is 1.94. The van der Waals surface area contributed by atoms with Crippen LogP contribution in [0.2, 0.25) is 0 Å². The first-order valence-electron chi connectivity index (χ1n) is 5.68. The minimum absolute atomic E-state index is 0.141. The van der Waals surface area contributed by atoms with E-state index in [1.54, 1.807) is 13.1 Å². The van der Waals surface area contributed by atoms with Crippen molar-refractivity contribution in [2.75, 3.05) is 18.5 Å². The van der Waals surface area contributed by atoms with Crippen molar-refractivity contribution in [3.05, 3.63) is 18.5 Å². The number of aromatic nitrogens is 2. The van der Waals surface area contributed by atoms with Crippen molar-refractivity contribution in [3.63, 3.8) is 0 Å². The van der Waals surface area contributed by atoms with E-state index in [4.69, 9.17) is 10.5 Å². The lowest BCUT2D eigenvalue weighted by Crippen LogP contribution is -2.43. The molecule has 0 aliphatic heterocycles. The average molecular weight is 281 g/mol. The van der Waals surface area contributed by atoms with Gasteiger partial charge in [-0.15, -0.1) is 0 Å². The third-order valence-electron chi connectivity index (χ3n) is 2.18. The van der Waals surface area contributed by atoms with Crippen LogP contribution in [0.1, 0.15) is 6.92 Å². The number of hydrogen-bond donors (Lipinski definition) is 2. The Bertz CT molecular complexity index is 493. The van der Waals surface area contributed by atoms with Gasteiger partial charge in [-0.1, -0.05) is 0 Å². The van der Waals surface area contributed by atoms with Crippen LogP contribution in [0.25, 0.3) is 0 Å². The van der Waals surface area contributed by atoms with E-state index in [9.17, 15) is 14.4 Å². The van der Waals surface area contributed by atoms with Crippen LogP contribution in [0.3, 0.4) is 0 Å². The summed E-state index contributed by atoms with van der Waals surface area (Å²) in [7, 11) is 1.60. The molecule has 0 fully saturated rings. The Morgan fingerprint density at radius 3 is 2.55 bits per heavy atom. The number of nitrogens with two attached hydrogens (primary N) is 1. The molecule has 1 rings (SSSR count). The zero-order valence-corrected chi connectivity index (χ0v) is 11.1. The van der Waals surface area contributed by atoms with E-state index in [1.807, 2.05) is 5.32 Å². The van der Waals surface area contributed by atoms with E-state index >= 15 is 0 Å². The molecule has 108 valence electrons. The second kappa shape index (κ2) is 7.02. The largest absolute Gasteiger partial charge is 0.451 e. The number of nitrogens with one attached hydrogen (secondary N) is 1. The first-order valence-corrected chi connectivity index (χ1v) is 5.68. The van der Waals surface area contributed by atoms with Gasteiger partial charge in [-0.05, 0) is 13.0 Å². The number of nitrogens with zero attached hydrogens (tertiary/aromatic N) is 3. The number of esters is 1. The molecule has 3 N–H and O–H groups in total. The van der Waals surface area contributed by atoms with E-state index in [-0.39, 0.29) is 6.54 Å². The molecule has 0 spiro atoms. The Morgan fingerprint density at radius 2 is 2.00 bits per heavy atom. The predicted octanol–water partition coefficient (Wildman–Crippen LogP) is -0.961. The lowest BCUT2D eigenvalue weighted by Gasteiger charge is -2.17. The quantitative estimate of drug-likeness (QED) is 0.665. The number of amides is 3. The van der Waals surface area contributed by atoms with Crippen LogP contribution in [-0.4, -0.2) is 47.6 Å². The predicted molar refractivity (Wildman–Crippen MR) is 68.6 cm³/mol. The molecule has 0 aromatic carbocycles. The zero-order chi connectivity index (χ0) is 15.1. The Labute approximate surface area is 115 Å². The topological polar surface area (TPSA) is 128 Å². The van der Waals surface area contributed by atoms with Gasteiger partial charge in [0.15, 0.2) is 6.10 Å².